The van der Waals surface area contributed by atoms with Crippen LogP contribution in [-0.4, -0.2) is 64.0 Å². The monoisotopic (exact) mass is 522 g/mol. The standard InChI is InChI=1S/C10H15N3O5S.C6H7N3O5S/c1-11(2)7-5-9(12(3)4)10(19(16,17)18)6-8(7)13(14)15;7-3-1-4(8)6(15(12,13)14)2-5(3)9(10)11/h5-6H,1-4H3,(H,16,17,18);1-2H,7-8H2,(H,12,13,14). The van der Waals surface area contributed by atoms with Crippen LogP contribution in [-0.2, 0) is 20.2 Å². The summed E-state index contributed by atoms with van der Waals surface area (Å²) >= 11 is 0. The Morgan fingerprint density at radius 1 is 0.706 bits per heavy atom. The Labute approximate surface area is 194 Å². The first-order chi connectivity index (χ1) is 15.3. The maximum atomic E-state index is 11.3. The minimum Gasteiger partial charge on any atom is -0.398 e. The van der Waals surface area contributed by atoms with Crippen molar-refractivity contribution in [3.8, 4) is 0 Å². The maximum Gasteiger partial charge on any atom is 0.296 e. The first-order valence-corrected chi connectivity index (χ1v) is 11.6. The van der Waals surface area contributed by atoms with Crippen molar-refractivity contribution in [1.29, 1.82) is 0 Å². The summed E-state index contributed by atoms with van der Waals surface area (Å²) in [6.07, 6.45) is 0. The largest absolute Gasteiger partial charge is 0.398 e. The van der Waals surface area contributed by atoms with Gasteiger partial charge in [-0.15, -0.1) is 0 Å². The summed E-state index contributed by atoms with van der Waals surface area (Å²) in [6.45, 7) is 0. The predicted molar refractivity (Wildman–Crippen MR) is 123 cm³/mol. The molecule has 2 aromatic rings. The summed E-state index contributed by atoms with van der Waals surface area (Å²) in [6, 6.07) is 3.72. The first-order valence-electron chi connectivity index (χ1n) is 8.74. The van der Waals surface area contributed by atoms with Crippen LogP contribution in [0.15, 0.2) is 34.1 Å². The normalized spacial score (nSPS) is 11.2. The molecule has 2 aromatic carbocycles. The van der Waals surface area contributed by atoms with Crippen LogP contribution in [0.25, 0.3) is 0 Å². The highest BCUT2D eigenvalue weighted by molar-refractivity contribution is 7.86. The van der Waals surface area contributed by atoms with E-state index >= 15 is 0 Å². The number of hydrogen-bond donors (Lipinski definition) is 4. The second-order valence-corrected chi connectivity index (χ2v) is 9.79. The molecule has 6 N–H and O–H groups in total. The third-order valence-electron chi connectivity index (χ3n) is 4.13. The number of rotatable bonds is 6. The lowest BCUT2D eigenvalue weighted by molar-refractivity contribution is -0.384. The van der Waals surface area contributed by atoms with Crippen LogP contribution >= 0.6 is 0 Å². The third kappa shape index (κ3) is 6.63. The van der Waals surface area contributed by atoms with Crippen molar-refractivity contribution >= 4 is 54.4 Å². The summed E-state index contributed by atoms with van der Waals surface area (Å²) in [5, 5.41) is 21.4. The smallest absolute Gasteiger partial charge is 0.296 e. The summed E-state index contributed by atoms with van der Waals surface area (Å²) < 4.78 is 62.0. The molecule has 0 saturated carbocycles. The number of anilines is 4. The molecule has 0 heterocycles. The van der Waals surface area contributed by atoms with E-state index in [2.05, 4.69) is 0 Å². The Morgan fingerprint density at radius 2 is 1.12 bits per heavy atom. The highest BCUT2D eigenvalue weighted by Gasteiger charge is 2.26. The maximum absolute atomic E-state index is 11.3. The minimum atomic E-state index is -4.59. The summed E-state index contributed by atoms with van der Waals surface area (Å²) in [5.41, 5.74) is 9.27. The Hall–Kier alpha value is -3.74. The molecule has 16 nitrogen and oxygen atoms in total. The van der Waals surface area contributed by atoms with Gasteiger partial charge in [0.15, 0.2) is 0 Å². The van der Waals surface area contributed by atoms with Gasteiger partial charge in [0, 0.05) is 40.3 Å². The Bertz CT molecular complexity index is 1340. The Morgan fingerprint density at radius 3 is 1.47 bits per heavy atom. The second-order valence-electron chi connectivity index (χ2n) is 7.01. The fourth-order valence-electron chi connectivity index (χ4n) is 2.59. The van der Waals surface area contributed by atoms with Gasteiger partial charge < -0.3 is 21.3 Å². The van der Waals surface area contributed by atoms with Crippen molar-refractivity contribution in [1.82, 2.24) is 0 Å². The van der Waals surface area contributed by atoms with E-state index in [0.717, 1.165) is 12.1 Å². The fraction of sp³-hybridized carbons (Fsp3) is 0.250. The lowest BCUT2D eigenvalue weighted by Crippen LogP contribution is -2.17. The van der Waals surface area contributed by atoms with Gasteiger partial charge in [-0.1, -0.05) is 0 Å². The van der Waals surface area contributed by atoms with E-state index in [1.807, 2.05) is 0 Å². The van der Waals surface area contributed by atoms with Crippen LogP contribution in [0.1, 0.15) is 0 Å². The first kappa shape index (κ1) is 28.3. The summed E-state index contributed by atoms with van der Waals surface area (Å²) in [7, 11) is -2.76. The highest BCUT2D eigenvalue weighted by atomic mass is 32.2. The van der Waals surface area contributed by atoms with Crippen molar-refractivity contribution < 1.29 is 35.8 Å². The zero-order chi connectivity index (χ0) is 26.8. The molecular formula is C16H22N6O10S2. The van der Waals surface area contributed by atoms with E-state index < -0.39 is 45.6 Å². The lowest BCUT2D eigenvalue weighted by atomic mass is 10.2. The molecule has 18 heteroatoms. The molecular weight excluding hydrogens is 500 g/mol. The lowest BCUT2D eigenvalue weighted by Gasteiger charge is -2.20. The van der Waals surface area contributed by atoms with E-state index in [1.165, 1.54) is 15.9 Å². The highest BCUT2D eigenvalue weighted by Crippen LogP contribution is 2.36. The number of nitro groups is 2. The molecule has 0 radical (unpaired) electrons. The Kier molecular flexibility index (Phi) is 8.35. The van der Waals surface area contributed by atoms with Crippen molar-refractivity contribution in [2.75, 3.05) is 49.5 Å². The van der Waals surface area contributed by atoms with E-state index in [0.29, 0.717) is 6.07 Å². The van der Waals surface area contributed by atoms with E-state index in [4.69, 9.17) is 20.6 Å². The summed E-state index contributed by atoms with van der Waals surface area (Å²) in [4.78, 5) is 21.6. The van der Waals surface area contributed by atoms with Gasteiger partial charge in [-0.3, -0.25) is 29.3 Å². The second kappa shape index (κ2) is 10.0. The van der Waals surface area contributed by atoms with Gasteiger partial charge in [0.2, 0.25) is 0 Å². The molecule has 0 aliphatic heterocycles. The number of hydrogen-bond acceptors (Lipinski definition) is 12. The van der Waals surface area contributed by atoms with Crippen LogP contribution in [0.3, 0.4) is 0 Å². The van der Waals surface area contributed by atoms with E-state index in [-0.39, 0.29) is 28.4 Å². The van der Waals surface area contributed by atoms with Crippen LogP contribution in [0, 0.1) is 20.2 Å². The molecule has 34 heavy (non-hydrogen) atoms. The van der Waals surface area contributed by atoms with Crippen LogP contribution in [0.5, 0.6) is 0 Å². The van der Waals surface area contributed by atoms with Crippen LogP contribution < -0.4 is 21.3 Å². The zero-order valence-corrected chi connectivity index (χ0v) is 19.9. The number of nitrogens with two attached hydrogens (primary N) is 2. The van der Waals surface area contributed by atoms with Gasteiger partial charge in [-0.05, 0) is 12.1 Å². The molecule has 2 rings (SSSR count). The van der Waals surface area contributed by atoms with Gasteiger partial charge in [-0.25, -0.2) is 0 Å². The quantitative estimate of drug-likeness (QED) is 0.178. The average molecular weight is 523 g/mol. The van der Waals surface area contributed by atoms with E-state index in [9.17, 15) is 37.1 Å². The molecule has 0 fully saturated rings. The molecule has 0 amide bonds. The van der Waals surface area contributed by atoms with Gasteiger partial charge in [0.05, 0.1) is 21.2 Å². The molecule has 188 valence electrons. The van der Waals surface area contributed by atoms with Crippen LogP contribution in [0.4, 0.5) is 34.1 Å². The van der Waals surface area contributed by atoms with Gasteiger partial charge in [0.1, 0.15) is 21.2 Å². The fourth-order valence-corrected chi connectivity index (χ4v) is 3.98. The molecule has 0 aliphatic rings. The molecule has 0 atom stereocenters. The molecule has 0 saturated heterocycles. The third-order valence-corrected chi connectivity index (χ3v) is 5.92. The molecule has 0 aromatic heterocycles. The topological polar surface area (TPSA) is 254 Å². The number of nitrogens with zero attached hydrogens (tertiary/aromatic N) is 4. The number of benzene rings is 2. The van der Waals surface area contributed by atoms with Gasteiger partial charge in [0.25, 0.3) is 31.6 Å². The van der Waals surface area contributed by atoms with Crippen LogP contribution in [0.2, 0.25) is 0 Å². The molecule has 0 spiro atoms. The zero-order valence-electron chi connectivity index (χ0n) is 18.2. The Balaban J connectivity index is 0.000000350. The molecule has 0 unspecified atom stereocenters. The van der Waals surface area contributed by atoms with Gasteiger partial charge >= 0.3 is 0 Å². The van der Waals surface area contributed by atoms with E-state index in [1.54, 1.807) is 28.2 Å². The predicted octanol–water partition coefficient (Wildman–Crippen LogP) is 0.979. The average Bonchev–Trinajstić information content (AvgIpc) is 2.65. The number of nitrogen functional groups attached to an aromatic ring is 2. The molecule has 0 aliphatic carbocycles. The summed E-state index contributed by atoms with van der Waals surface area (Å²) in [5.74, 6) is 0. The van der Waals surface area contributed by atoms with Crippen molar-refractivity contribution in [3.05, 3.63) is 44.5 Å². The SMILES string of the molecule is CN(C)c1cc(N(C)C)c(S(=O)(=O)O)cc1[N+](=O)[O-].Nc1cc(N)c(S(=O)(=O)O)cc1[N+](=O)[O-]. The molecule has 0 bridgehead atoms. The van der Waals surface area contributed by atoms with Crippen molar-refractivity contribution in [2.45, 2.75) is 9.79 Å². The van der Waals surface area contributed by atoms with Crippen molar-refractivity contribution in [3.63, 3.8) is 0 Å². The number of nitro benzene ring substituents is 2. The van der Waals surface area contributed by atoms with Crippen molar-refractivity contribution in [2.24, 2.45) is 0 Å². The minimum absolute atomic E-state index is 0.178. The van der Waals surface area contributed by atoms with Gasteiger partial charge in [-0.2, -0.15) is 16.8 Å².